The molecule has 0 bridgehead atoms. The second-order valence-electron chi connectivity index (χ2n) is 6.39. The number of carbonyl (C=O) groups excluding carboxylic acids is 1. The maximum absolute atomic E-state index is 12.8. The smallest absolute Gasteiger partial charge is 0.255 e. The fourth-order valence-electron chi connectivity index (χ4n) is 3.18. The zero-order valence-electron chi connectivity index (χ0n) is 14.9. The van der Waals surface area contributed by atoms with Crippen LogP contribution in [0.2, 0.25) is 0 Å². The molecule has 0 spiro atoms. The third kappa shape index (κ3) is 4.10. The molecule has 1 unspecified atom stereocenters. The molecule has 1 aromatic carbocycles. The predicted octanol–water partition coefficient (Wildman–Crippen LogP) is 3.57. The van der Waals surface area contributed by atoms with E-state index in [1.807, 2.05) is 43.3 Å². The molecule has 1 saturated heterocycles. The molecule has 0 aliphatic carbocycles. The largest absolute Gasteiger partial charge is 0.497 e. The minimum absolute atomic E-state index is 0.0861. The van der Waals surface area contributed by atoms with Crippen LogP contribution in [0.15, 0.2) is 42.6 Å². The maximum Gasteiger partial charge on any atom is 0.255 e. The van der Waals surface area contributed by atoms with Crippen molar-refractivity contribution in [2.24, 2.45) is 0 Å². The van der Waals surface area contributed by atoms with E-state index < -0.39 is 0 Å². The van der Waals surface area contributed by atoms with Gasteiger partial charge in [0.15, 0.2) is 0 Å². The SMILES string of the molecule is COc1ccc(C(C)NC(=O)c2cccnc2N2CCCCC2)cc1. The van der Waals surface area contributed by atoms with Crippen molar-refractivity contribution in [1.82, 2.24) is 10.3 Å². The predicted molar refractivity (Wildman–Crippen MR) is 99.2 cm³/mol. The summed E-state index contributed by atoms with van der Waals surface area (Å²) < 4.78 is 5.18. The van der Waals surface area contributed by atoms with Gasteiger partial charge in [0.05, 0.1) is 18.7 Å². The van der Waals surface area contributed by atoms with Gasteiger partial charge >= 0.3 is 0 Å². The molecule has 1 aliphatic heterocycles. The monoisotopic (exact) mass is 339 g/mol. The number of pyridine rings is 1. The van der Waals surface area contributed by atoms with Gasteiger partial charge in [-0.05, 0) is 56.0 Å². The van der Waals surface area contributed by atoms with Crippen LogP contribution < -0.4 is 15.0 Å². The summed E-state index contributed by atoms with van der Waals surface area (Å²) >= 11 is 0. The van der Waals surface area contributed by atoms with Crippen LogP contribution >= 0.6 is 0 Å². The molecule has 1 aliphatic rings. The van der Waals surface area contributed by atoms with Crippen molar-refractivity contribution in [2.45, 2.75) is 32.2 Å². The van der Waals surface area contributed by atoms with Crippen LogP contribution in [0.1, 0.15) is 48.1 Å². The Hall–Kier alpha value is -2.56. The Morgan fingerprint density at radius 1 is 1.16 bits per heavy atom. The Balaban J connectivity index is 1.74. The average molecular weight is 339 g/mol. The molecular formula is C20H25N3O2. The highest BCUT2D eigenvalue weighted by Crippen LogP contribution is 2.23. The summed E-state index contributed by atoms with van der Waals surface area (Å²) in [7, 11) is 1.64. The number of hydrogen-bond acceptors (Lipinski definition) is 4. The second kappa shape index (κ2) is 8.01. The molecule has 3 rings (SSSR count). The van der Waals surface area contributed by atoms with Crippen LogP contribution in [0, 0.1) is 0 Å². The number of nitrogens with zero attached hydrogens (tertiary/aromatic N) is 2. The van der Waals surface area contributed by atoms with Crippen molar-refractivity contribution in [1.29, 1.82) is 0 Å². The number of methoxy groups -OCH3 is 1. The van der Waals surface area contributed by atoms with E-state index in [-0.39, 0.29) is 11.9 Å². The lowest BCUT2D eigenvalue weighted by atomic mass is 10.1. The van der Waals surface area contributed by atoms with Gasteiger partial charge in [0.1, 0.15) is 11.6 Å². The number of aromatic nitrogens is 1. The average Bonchev–Trinajstić information content (AvgIpc) is 2.68. The minimum Gasteiger partial charge on any atom is -0.497 e. The van der Waals surface area contributed by atoms with Gasteiger partial charge in [-0.1, -0.05) is 12.1 Å². The Bertz CT molecular complexity index is 709. The molecule has 2 heterocycles. The van der Waals surface area contributed by atoms with Crippen LogP contribution in [0.3, 0.4) is 0 Å². The van der Waals surface area contributed by atoms with Gasteiger partial charge in [0.25, 0.3) is 5.91 Å². The molecule has 0 radical (unpaired) electrons. The first-order chi connectivity index (χ1) is 12.2. The minimum atomic E-state index is -0.0900. The van der Waals surface area contributed by atoms with E-state index >= 15 is 0 Å². The van der Waals surface area contributed by atoms with Crippen molar-refractivity contribution in [3.63, 3.8) is 0 Å². The highest BCUT2D eigenvalue weighted by atomic mass is 16.5. The quantitative estimate of drug-likeness (QED) is 0.905. The molecule has 1 amide bonds. The Kier molecular flexibility index (Phi) is 5.53. The van der Waals surface area contributed by atoms with Gasteiger partial charge in [0, 0.05) is 19.3 Å². The number of amides is 1. The third-order valence-corrected chi connectivity index (χ3v) is 4.65. The second-order valence-corrected chi connectivity index (χ2v) is 6.39. The van der Waals surface area contributed by atoms with Crippen LogP contribution in [0.5, 0.6) is 5.75 Å². The van der Waals surface area contributed by atoms with E-state index in [1.54, 1.807) is 13.3 Å². The fraction of sp³-hybridized carbons (Fsp3) is 0.400. The van der Waals surface area contributed by atoms with Crippen molar-refractivity contribution < 1.29 is 9.53 Å². The number of rotatable bonds is 5. The molecule has 1 N–H and O–H groups in total. The van der Waals surface area contributed by atoms with Crippen LogP contribution in [-0.2, 0) is 0 Å². The number of piperidine rings is 1. The first kappa shape index (κ1) is 17.3. The van der Waals surface area contributed by atoms with Crippen LogP contribution in [-0.4, -0.2) is 31.1 Å². The van der Waals surface area contributed by atoms with E-state index in [1.165, 1.54) is 6.42 Å². The fourth-order valence-corrected chi connectivity index (χ4v) is 3.18. The van der Waals surface area contributed by atoms with Crippen LogP contribution in [0.25, 0.3) is 0 Å². The lowest BCUT2D eigenvalue weighted by Crippen LogP contribution is -2.34. The molecule has 25 heavy (non-hydrogen) atoms. The topological polar surface area (TPSA) is 54.5 Å². The first-order valence-corrected chi connectivity index (χ1v) is 8.84. The zero-order valence-corrected chi connectivity index (χ0v) is 14.9. The van der Waals surface area contributed by atoms with Crippen molar-refractivity contribution in [3.8, 4) is 5.75 Å². The standard InChI is InChI=1S/C20H25N3O2/c1-15(16-8-10-17(25-2)11-9-16)22-20(24)18-7-6-12-21-19(18)23-13-4-3-5-14-23/h6-12,15H,3-5,13-14H2,1-2H3,(H,22,24). The summed E-state index contributed by atoms with van der Waals surface area (Å²) in [6, 6.07) is 11.3. The molecule has 0 saturated carbocycles. The Labute approximate surface area is 149 Å². The molecule has 5 heteroatoms. The molecule has 5 nitrogen and oxygen atoms in total. The Morgan fingerprint density at radius 3 is 2.56 bits per heavy atom. The summed E-state index contributed by atoms with van der Waals surface area (Å²) in [5.74, 6) is 1.51. The molecule has 1 aromatic heterocycles. The van der Waals surface area contributed by atoms with E-state index in [9.17, 15) is 4.79 Å². The molecule has 1 fully saturated rings. The van der Waals surface area contributed by atoms with Gasteiger partial charge in [-0.3, -0.25) is 4.79 Å². The van der Waals surface area contributed by atoms with Crippen molar-refractivity contribution >= 4 is 11.7 Å². The maximum atomic E-state index is 12.8. The number of hydrogen-bond donors (Lipinski definition) is 1. The van der Waals surface area contributed by atoms with E-state index in [4.69, 9.17) is 4.74 Å². The Morgan fingerprint density at radius 2 is 1.88 bits per heavy atom. The van der Waals surface area contributed by atoms with Gasteiger partial charge in [0.2, 0.25) is 0 Å². The van der Waals surface area contributed by atoms with Gasteiger partial charge in [-0.25, -0.2) is 4.98 Å². The van der Waals surface area contributed by atoms with E-state index in [0.29, 0.717) is 5.56 Å². The summed E-state index contributed by atoms with van der Waals surface area (Å²) in [4.78, 5) is 19.5. The summed E-state index contributed by atoms with van der Waals surface area (Å²) in [5.41, 5.74) is 1.68. The first-order valence-electron chi connectivity index (χ1n) is 8.84. The molecule has 132 valence electrons. The van der Waals surface area contributed by atoms with E-state index in [2.05, 4.69) is 15.2 Å². The van der Waals surface area contributed by atoms with Crippen molar-refractivity contribution in [2.75, 3.05) is 25.1 Å². The lowest BCUT2D eigenvalue weighted by molar-refractivity contribution is 0.0940. The number of benzene rings is 1. The number of anilines is 1. The zero-order chi connectivity index (χ0) is 17.6. The number of carbonyl (C=O) groups is 1. The van der Waals surface area contributed by atoms with Crippen LogP contribution in [0.4, 0.5) is 5.82 Å². The molecule has 2 aromatic rings. The highest BCUT2D eigenvalue weighted by molar-refractivity contribution is 5.99. The molecular weight excluding hydrogens is 314 g/mol. The van der Waals surface area contributed by atoms with Gasteiger partial charge < -0.3 is 15.0 Å². The van der Waals surface area contributed by atoms with Gasteiger partial charge in [-0.2, -0.15) is 0 Å². The summed E-state index contributed by atoms with van der Waals surface area (Å²) in [6.07, 6.45) is 5.31. The highest BCUT2D eigenvalue weighted by Gasteiger charge is 2.20. The lowest BCUT2D eigenvalue weighted by Gasteiger charge is -2.29. The normalized spacial score (nSPS) is 15.5. The van der Waals surface area contributed by atoms with Gasteiger partial charge in [-0.15, -0.1) is 0 Å². The third-order valence-electron chi connectivity index (χ3n) is 4.65. The summed E-state index contributed by atoms with van der Waals surface area (Å²) in [5, 5.41) is 3.08. The molecule has 1 atom stereocenters. The van der Waals surface area contributed by atoms with Crippen molar-refractivity contribution in [3.05, 3.63) is 53.7 Å². The number of nitrogens with one attached hydrogen (secondary N) is 1. The number of ether oxygens (including phenoxy) is 1. The summed E-state index contributed by atoms with van der Waals surface area (Å²) in [6.45, 7) is 3.91. The van der Waals surface area contributed by atoms with E-state index in [0.717, 1.165) is 43.1 Å².